The average Bonchev–Trinajstić information content (AvgIpc) is 3.21. The van der Waals surface area contributed by atoms with Crippen LogP contribution in [0.4, 0.5) is 0 Å². The molecular formula is C23H15NO5. The van der Waals surface area contributed by atoms with E-state index in [1.807, 2.05) is 24.3 Å². The third-order valence-electron chi connectivity index (χ3n) is 4.91. The summed E-state index contributed by atoms with van der Waals surface area (Å²) in [6.07, 6.45) is 1.62. The minimum Gasteiger partial charge on any atom is -0.508 e. The number of nitrogens with one attached hydrogen (secondary N) is 1. The molecule has 0 unspecified atom stereocenters. The van der Waals surface area contributed by atoms with Gasteiger partial charge in [0, 0.05) is 28.6 Å². The van der Waals surface area contributed by atoms with Crippen LogP contribution in [-0.4, -0.2) is 26.1 Å². The smallest absolute Gasteiger partial charge is 0.235 e. The number of aromatic nitrogens is 1. The van der Waals surface area contributed by atoms with E-state index in [4.69, 9.17) is 4.74 Å². The Balaban J connectivity index is 1.69. The predicted octanol–water partition coefficient (Wildman–Crippen LogP) is 4.57. The fourth-order valence-electron chi connectivity index (χ4n) is 3.58. The number of carbonyl (C=O) groups excluding carboxylic acids is 1. The van der Waals surface area contributed by atoms with Crippen LogP contribution in [0.2, 0.25) is 0 Å². The molecule has 6 heteroatoms. The van der Waals surface area contributed by atoms with Gasteiger partial charge in [0.05, 0.1) is 5.69 Å². The van der Waals surface area contributed by atoms with E-state index in [9.17, 15) is 20.1 Å². The first-order chi connectivity index (χ1) is 14.0. The van der Waals surface area contributed by atoms with Crippen LogP contribution in [0.1, 0.15) is 15.9 Å². The van der Waals surface area contributed by atoms with Crippen molar-refractivity contribution in [2.24, 2.45) is 0 Å². The molecule has 1 aliphatic rings. The van der Waals surface area contributed by atoms with Crippen LogP contribution in [0.15, 0.2) is 66.4 Å². The molecule has 6 nitrogen and oxygen atoms in total. The quantitative estimate of drug-likeness (QED) is 0.379. The Hall–Kier alpha value is -4.19. The summed E-state index contributed by atoms with van der Waals surface area (Å²) >= 11 is 0. The highest BCUT2D eigenvalue weighted by molar-refractivity contribution is 6.17. The van der Waals surface area contributed by atoms with E-state index in [-0.39, 0.29) is 34.3 Å². The molecule has 0 radical (unpaired) electrons. The Labute approximate surface area is 164 Å². The zero-order chi connectivity index (χ0) is 20.1. The molecule has 0 saturated carbocycles. The fraction of sp³-hybridized carbons (Fsp3) is 0. The van der Waals surface area contributed by atoms with Crippen molar-refractivity contribution >= 4 is 22.8 Å². The minimum absolute atomic E-state index is 0.0278. The van der Waals surface area contributed by atoms with E-state index < -0.39 is 5.78 Å². The number of ether oxygens (including phenoxy) is 1. The zero-order valence-electron chi connectivity index (χ0n) is 15.0. The second-order valence-corrected chi connectivity index (χ2v) is 6.78. The maximum atomic E-state index is 12.8. The average molecular weight is 385 g/mol. The molecule has 5 rings (SSSR count). The number of allylic oxidation sites excluding steroid dienone is 1. The van der Waals surface area contributed by atoms with Crippen LogP contribution in [0.5, 0.6) is 23.0 Å². The number of hydrogen-bond acceptors (Lipinski definition) is 5. The summed E-state index contributed by atoms with van der Waals surface area (Å²) in [5.74, 6) is -0.655. The zero-order valence-corrected chi connectivity index (χ0v) is 15.0. The van der Waals surface area contributed by atoms with Crippen molar-refractivity contribution in [2.75, 3.05) is 0 Å². The fourth-order valence-corrected chi connectivity index (χ4v) is 3.58. The highest BCUT2D eigenvalue weighted by Crippen LogP contribution is 2.42. The SMILES string of the molecule is O=C1/C(=C/c2c(-c3ccc(O)cc3)[nH]c3ccccc23)Oc2cc(O)cc(O)c21. The molecule has 0 amide bonds. The minimum atomic E-state index is -0.459. The number of H-pyrrole nitrogens is 1. The summed E-state index contributed by atoms with van der Waals surface area (Å²) in [6, 6.07) is 16.8. The molecule has 3 aromatic carbocycles. The van der Waals surface area contributed by atoms with Crippen LogP contribution in [0.3, 0.4) is 0 Å². The third kappa shape index (κ3) is 2.70. The second kappa shape index (κ2) is 6.17. The third-order valence-corrected chi connectivity index (χ3v) is 4.91. The Morgan fingerprint density at radius 2 is 1.66 bits per heavy atom. The molecule has 4 N–H and O–H groups in total. The monoisotopic (exact) mass is 385 g/mol. The number of rotatable bonds is 2. The lowest BCUT2D eigenvalue weighted by molar-refractivity contribution is 0.101. The van der Waals surface area contributed by atoms with Crippen molar-refractivity contribution in [1.29, 1.82) is 0 Å². The van der Waals surface area contributed by atoms with Gasteiger partial charge in [0.15, 0.2) is 5.76 Å². The molecule has 4 aromatic rings. The number of Topliss-reactive ketones (excluding diaryl/α,β-unsaturated/α-hetero) is 1. The molecule has 142 valence electrons. The number of carbonyl (C=O) groups is 1. The number of fused-ring (bicyclic) bond motifs is 2. The summed E-state index contributed by atoms with van der Waals surface area (Å²) < 4.78 is 5.65. The molecule has 0 fully saturated rings. The number of phenolic OH excluding ortho intramolecular Hbond substituents is 3. The van der Waals surface area contributed by atoms with Crippen molar-refractivity contribution in [3.05, 3.63) is 77.5 Å². The standard InChI is InChI=1S/C23H15NO5/c25-13-7-5-12(6-8-13)22-16(15-3-1-2-4-17(15)24-22)11-20-23(28)21-18(27)9-14(26)10-19(21)29-20/h1-11,24-27H/b20-11-. The molecular weight excluding hydrogens is 370 g/mol. The van der Waals surface area contributed by atoms with E-state index in [1.54, 1.807) is 30.3 Å². The van der Waals surface area contributed by atoms with Gasteiger partial charge in [-0.1, -0.05) is 18.2 Å². The van der Waals surface area contributed by atoms with E-state index in [0.29, 0.717) is 0 Å². The molecule has 29 heavy (non-hydrogen) atoms. The van der Waals surface area contributed by atoms with Gasteiger partial charge in [-0.05, 0) is 42.0 Å². The van der Waals surface area contributed by atoms with Crippen molar-refractivity contribution in [3.8, 4) is 34.3 Å². The lowest BCUT2D eigenvalue weighted by Gasteiger charge is -2.03. The van der Waals surface area contributed by atoms with Crippen LogP contribution >= 0.6 is 0 Å². The van der Waals surface area contributed by atoms with Gasteiger partial charge in [-0.3, -0.25) is 4.79 Å². The van der Waals surface area contributed by atoms with E-state index in [0.717, 1.165) is 33.8 Å². The highest BCUT2D eigenvalue weighted by atomic mass is 16.5. The van der Waals surface area contributed by atoms with Gasteiger partial charge in [-0.15, -0.1) is 0 Å². The normalized spacial score (nSPS) is 14.3. The molecule has 0 aliphatic carbocycles. The first-order valence-corrected chi connectivity index (χ1v) is 8.91. The molecule has 2 heterocycles. The van der Waals surface area contributed by atoms with E-state index >= 15 is 0 Å². The van der Waals surface area contributed by atoms with Crippen molar-refractivity contribution in [2.45, 2.75) is 0 Å². The number of para-hydroxylation sites is 1. The number of phenols is 3. The number of ketones is 1. The Kier molecular flexibility index (Phi) is 3.61. The van der Waals surface area contributed by atoms with E-state index in [2.05, 4.69) is 4.98 Å². The molecule has 0 saturated heterocycles. The number of benzene rings is 3. The van der Waals surface area contributed by atoms with Crippen LogP contribution < -0.4 is 4.74 Å². The van der Waals surface area contributed by atoms with Crippen LogP contribution in [0, 0.1) is 0 Å². The summed E-state index contributed by atoms with van der Waals surface area (Å²) in [5.41, 5.74) is 3.24. The maximum absolute atomic E-state index is 12.8. The van der Waals surface area contributed by atoms with Crippen molar-refractivity contribution in [3.63, 3.8) is 0 Å². The first-order valence-electron chi connectivity index (χ1n) is 8.91. The van der Waals surface area contributed by atoms with Gasteiger partial charge < -0.3 is 25.0 Å². The van der Waals surface area contributed by atoms with Crippen molar-refractivity contribution < 1.29 is 24.9 Å². The van der Waals surface area contributed by atoms with E-state index in [1.165, 1.54) is 6.07 Å². The Morgan fingerprint density at radius 3 is 2.45 bits per heavy atom. The lowest BCUT2D eigenvalue weighted by atomic mass is 10.0. The molecule has 1 aromatic heterocycles. The molecule has 1 aliphatic heterocycles. The summed E-state index contributed by atoms with van der Waals surface area (Å²) in [7, 11) is 0. The number of aromatic amines is 1. The van der Waals surface area contributed by atoms with Crippen LogP contribution in [-0.2, 0) is 0 Å². The van der Waals surface area contributed by atoms with Gasteiger partial charge in [0.25, 0.3) is 0 Å². The van der Waals surface area contributed by atoms with Gasteiger partial charge in [-0.25, -0.2) is 0 Å². The Bertz CT molecular complexity index is 1320. The summed E-state index contributed by atoms with van der Waals surface area (Å²) in [5, 5.41) is 30.2. The largest absolute Gasteiger partial charge is 0.508 e. The molecule has 0 atom stereocenters. The number of hydrogen-bond donors (Lipinski definition) is 4. The van der Waals surface area contributed by atoms with Gasteiger partial charge in [0.1, 0.15) is 28.6 Å². The van der Waals surface area contributed by atoms with Gasteiger partial charge in [0.2, 0.25) is 5.78 Å². The maximum Gasteiger partial charge on any atom is 0.235 e. The van der Waals surface area contributed by atoms with Crippen LogP contribution in [0.25, 0.3) is 28.2 Å². The summed E-state index contributed by atoms with van der Waals surface area (Å²) in [4.78, 5) is 16.2. The molecule has 0 spiro atoms. The second-order valence-electron chi connectivity index (χ2n) is 6.78. The molecule has 0 bridgehead atoms. The van der Waals surface area contributed by atoms with Gasteiger partial charge >= 0.3 is 0 Å². The van der Waals surface area contributed by atoms with Crippen molar-refractivity contribution in [1.82, 2.24) is 4.98 Å². The topological polar surface area (TPSA) is 103 Å². The number of aromatic hydroxyl groups is 3. The Morgan fingerprint density at radius 1 is 0.897 bits per heavy atom. The summed E-state index contributed by atoms with van der Waals surface area (Å²) in [6.45, 7) is 0. The highest BCUT2D eigenvalue weighted by Gasteiger charge is 2.32. The predicted molar refractivity (Wildman–Crippen MR) is 108 cm³/mol. The lowest BCUT2D eigenvalue weighted by Crippen LogP contribution is -1.98. The van der Waals surface area contributed by atoms with Gasteiger partial charge in [-0.2, -0.15) is 0 Å². The first kappa shape index (κ1) is 16.9.